The molecule has 0 aliphatic carbocycles. The molecule has 1 N–H and O–H groups in total. The standard InChI is InChI=1S/C14H22N2O3S/c1-9-10(2)20-12(16-9)8-15-11(17)6-7-13(18)19-14(3,4)5/h6-8H2,1-5H3,(H,15,17). The molecule has 6 heteroatoms. The molecule has 0 spiro atoms. The maximum atomic E-state index is 11.6. The summed E-state index contributed by atoms with van der Waals surface area (Å²) in [5.74, 6) is -0.519. The molecule has 1 aromatic rings. The second-order valence-electron chi connectivity index (χ2n) is 5.61. The van der Waals surface area contributed by atoms with Crippen molar-refractivity contribution in [2.24, 2.45) is 0 Å². The summed E-state index contributed by atoms with van der Waals surface area (Å²) in [5.41, 5.74) is 0.483. The molecule has 1 amide bonds. The Morgan fingerprint density at radius 2 is 1.90 bits per heavy atom. The van der Waals surface area contributed by atoms with Gasteiger partial charge in [-0.1, -0.05) is 0 Å². The molecule has 1 aromatic heterocycles. The number of aromatic nitrogens is 1. The van der Waals surface area contributed by atoms with Crippen molar-refractivity contribution >= 4 is 23.2 Å². The number of hydrogen-bond donors (Lipinski definition) is 1. The van der Waals surface area contributed by atoms with Crippen molar-refractivity contribution in [3.05, 3.63) is 15.6 Å². The van der Waals surface area contributed by atoms with Crippen molar-refractivity contribution in [3.8, 4) is 0 Å². The van der Waals surface area contributed by atoms with Gasteiger partial charge >= 0.3 is 5.97 Å². The Morgan fingerprint density at radius 3 is 2.40 bits per heavy atom. The minimum atomic E-state index is -0.510. The molecule has 5 nitrogen and oxygen atoms in total. The fraction of sp³-hybridized carbons (Fsp3) is 0.643. The molecule has 0 radical (unpaired) electrons. The molecule has 0 aromatic carbocycles. The zero-order chi connectivity index (χ0) is 15.3. The molecule has 20 heavy (non-hydrogen) atoms. The normalized spacial score (nSPS) is 11.2. The van der Waals surface area contributed by atoms with Gasteiger partial charge in [-0.2, -0.15) is 0 Å². The number of aryl methyl sites for hydroxylation is 2. The number of carbonyl (C=O) groups excluding carboxylic acids is 2. The average Bonchev–Trinajstić information content (AvgIpc) is 2.61. The third kappa shape index (κ3) is 6.14. The van der Waals surface area contributed by atoms with Crippen molar-refractivity contribution in [1.82, 2.24) is 10.3 Å². The van der Waals surface area contributed by atoms with Crippen LogP contribution in [-0.4, -0.2) is 22.5 Å². The van der Waals surface area contributed by atoms with Crippen molar-refractivity contribution in [1.29, 1.82) is 0 Å². The van der Waals surface area contributed by atoms with Gasteiger partial charge in [-0.25, -0.2) is 4.98 Å². The summed E-state index contributed by atoms with van der Waals surface area (Å²) >= 11 is 1.57. The van der Waals surface area contributed by atoms with Crippen molar-refractivity contribution in [2.45, 2.75) is 59.6 Å². The highest BCUT2D eigenvalue weighted by Gasteiger charge is 2.17. The van der Waals surface area contributed by atoms with Crippen LogP contribution < -0.4 is 5.32 Å². The highest BCUT2D eigenvalue weighted by atomic mass is 32.1. The fourth-order valence-electron chi connectivity index (χ4n) is 1.49. The lowest BCUT2D eigenvalue weighted by Gasteiger charge is -2.19. The van der Waals surface area contributed by atoms with Crippen molar-refractivity contribution in [2.75, 3.05) is 0 Å². The summed E-state index contributed by atoms with van der Waals surface area (Å²) in [4.78, 5) is 28.6. The number of thiazole rings is 1. The van der Waals surface area contributed by atoms with Gasteiger partial charge < -0.3 is 10.1 Å². The third-order valence-electron chi connectivity index (χ3n) is 2.49. The number of nitrogens with zero attached hydrogens (tertiary/aromatic N) is 1. The number of nitrogens with one attached hydrogen (secondary N) is 1. The van der Waals surface area contributed by atoms with Gasteiger partial charge in [0, 0.05) is 11.3 Å². The van der Waals surface area contributed by atoms with E-state index in [0.29, 0.717) is 6.54 Å². The summed E-state index contributed by atoms with van der Waals surface area (Å²) in [7, 11) is 0. The summed E-state index contributed by atoms with van der Waals surface area (Å²) in [6, 6.07) is 0. The number of rotatable bonds is 5. The van der Waals surface area contributed by atoms with Crippen LogP contribution in [0, 0.1) is 13.8 Å². The van der Waals surface area contributed by atoms with Crippen molar-refractivity contribution < 1.29 is 14.3 Å². The van der Waals surface area contributed by atoms with Gasteiger partial charge in [0.05, 0.1) is 18.7 Å². The first kappa shape index (κ1) is 16.6. The van der Waals surface area contributed by atoms with Gasteiger partial charge in [-0.3, -0.25) is 9.59 Å². The quantitative estimate of drug-likeness (QED) is 0.848. The molecule has 0 saturated carbocycles. The fourth-order valence-corrected chi connectivity index (χ4v) is 2.36. The summed E-state index contributed by atoms with van der Waals surface area (Å²) in [5, 5.41) is 3.64. The van der Waals surface area contributed by atoms with Gasteiger partial charge in [0.25, 0.3) is 0 Å². The Morgan fingerprint density at radius 1 is 1.25 bits per heavy atom. The van der Waals surface area contributed by atoms with E-state index in [1.165, 1.54) is 0 Å². The summed E-state index contributed by atoms with van der Waals surface area (Å²) < 4.78 is 5.14. The number of amides is 1. The zero-order valence-electron chi connectivity index (χ0n) is 12.7. The number of hydrogen-bond acceptors (Lipinski definition) is 5. The first-order valence-corrected chi connectivity index (χ1v) is 7.40. The second-order valence-corrected chi connectivity index (χ2v) is 6.90. The Balaban J connectivity index is 2.29. The van der Waals surface area contributed by atoms with Crippen LogP contribution in [0.5, 0.6) is 0 Å². The predicted octanol–water partition coefficient (Wildman–Crippen LogP) is 2.50. The molecule has 0 aliphatic rings. The molecule has 1 rings (SSSR count). The van der Waals surface area contributed by atoms with Gasteiger partial charge in [-0.05, 0) is 34.6 Å². The van der Waals surface area contributed by atoms with E-state index in [4.69, 9.17) is 4.74 Å². The molecular formula is C14H22N2O3S. The van der Waals surface area contributed by atoms with Crippen LogP contribution in [0.3, 0.4) is 0 Å². The summed E-state index contributed by atoms with van der Waals surface area (Å²) in [6.07, 6.45) is 0.233. The van der Waals surface area contributed by atoms with E-state index >= 15 is 0 Å². The van der Waals surface area contributed by atoms with Crippen LogP contribution in [0.4, 0.5) is 0 Å². The lowest BCUT2D eigenvalue weighted by atomic mass is 10.2. The van der Waals surface area contributed by atoms with Crippen LogP contribution >= 0.6 is 11.3 Å². The topological polar surface area (TPSA) is 68.3 Å². The Kier molecular flexibility index (Phi) is 5.68. The minimum absolute atomic E-state index is 0.0963. The highest BCUT2D eigenvalue weighted by molar-refractivity contribution is 7.11. The van der Waals surface area contributed by atoms with E-state index in [-0.39, 0.29) is 24.7 Å². The van der Waals surface area contributed by atoms with Gasteiger partial charge in [0.15, 0.2) is 0 Å². The van der Waals surface area contributed by atoms with Crippen LogP contribution in [0.1, 0.15) is 49.2 Å². The Bertz CT molecular complexity index is 470. The SMILES string of the molecule is Cc1nc(CNC(=O)CCC(=O)OC(C)(C)C)sc1C. The number of ether oxygens (including phenoxy) is 1. The molecule has 1 heterocycles. The van der Waals surface area contributed by atoms with Crippen LogP contribution in [0.15, 0.2) is 0 Å². The van der Waals surface area contributed by atoms with Crippen LogP contribution in [0.2, 0.25) is 0 Å². The molecule has 0 fully saturated rings. The first-order chi connectivity index (χ1) is 9.17. The molecule has 0 bridgehead atoms. The first-order valence-electron chi connectivity index (χ1n) is 6.59. The smallest absolute Gasteiger partial charge is 0.306 e. The van der Waals surface area contributed by atoms with Crippen molar-refractivity contribution in [3.63, 3.8) is 0 Å². The zero-order valence-corrected chi connectivity index (χ0v) is 13.5. The average molecular weight is 298 g/mol. The minimum Gasteiger partial charge on any atom is -0.460 e. The number of carbonyl (C=O) groups is 2. The molecule has 0 atom stereocenters. The van der Waals surface area contributed by atoms with E-state index < -0.39 is 5.60 Å². The Labute approximate surface area is 123 Å². The molecule has 112 valence electrons. The summed E-state index contributed by atoms with van der Waals surface area (Å²) in [6.45, 7) is 9.77. The van der Waals surface area contributed by atoms with Crippen LogP contribution in [-0.2, 0) is 20.9 Å². The number of esters is 1. The van der Waals surface area contributed by atoms with E-state index in [1.807, 2.05) is 13.8 Å². The van der Waals surface area contributed by atoms with Crippen LogP contribution in [0.25, 0.3) is 0 Å². The van der Waals surface area contributed by atoms with E-state index in [0.717, 1.165) is 15.6 Å². The van der Waals surface area contributed by atoms with Gasteiger partial charge in [-0.15, -0.1) is 11.3 Å². The predicted molar refractivity (Wildman–Crippen MR) is 78.5 cm³/mol. The lowest BCUT2D eigenvalue weighted by Crippen LogP contribution is -2.26. The highest BCUT2D eigenvalue weighted by Crippen LogP contribution is 2.16. The molecule has 0 saturated heterocycles. The van der Waals surface area contributed by atoms with E-state index in [9.17, 15) is 9.59 Å². The monoisotopic (exact) mass is 298 g/mol. The third-order valence-corrected chi connectivity index (χ3v) is 3.56. The van der Waals surface area contributed by atoms with Gasteiger partial charge in [0.2, 0.25) is 5.91 Å². The van der Waals surface area contributed by atoms with E-state index in [1.54, 1.807) is 32.1 Å². The maximum absolute atomic E-state index is 11.6. The molecule has 0 aliphatic heterocycles. The second kappa shape index (κ2) is 6.83. The lowest BCUT2D eigenvalue weighted by molar-refractivity contribution is -0.155. The molecule has 0 unspecified atom stereocenters. The van der Waals surface area contributed by atoms with E-state index in [2.05, 4.69) is 10.3 Å². The maximum Gasteiger partial charge on any atom is 0.306 e. The largest absolute Gasteiger partial charge is 0.460 e. The Hall–Kier alpha value is -1.43. The van der Waals surface area contributed by atoms with Gasteiger partial charge in [0.1, 0.15) is 10.6 Å². The molecular weight excluding hydrogens is 276 g/mol.